The van der Waals surface area contributed by atoms with Crippen LogP contribution in [0.25, 0.3) is 0 Å². The van der Waals surface area contributed by atoms with Gasteiger partial charge in [0.2, 0.25) is 0 Å². The van der Waals surface area contributed by atoms with Crippen molar-refractivity contribution in [2.45, 2.75) is 13.8 Å². The van der Waals surface area contributed by atoms with Crippen LogP contribution >= 0.6 is 0 Å². The van der Waals surface area contributed by atoms with Gasteiger partial charge in [0.25, 0.3) is 0 Å². The molecule has 0 heterocycles. The van der Waals surface area contributed by atoms with Gasteiger partial charge in [-0.15, -0.1) is 6.42 Å². The van der Waals surface area contributed by atoms with Gasteiger partial charge in [-0.2, -0.15) is 0 Å². The molecule has 3 heteroatoms. The first-order valence-electron chi connectivity index (χ1n) is 3.72. The Labute approximate surface area is 77.7 Å². The van der Waals surface area contributed by atoms with Crippen LogP contribution in [0.5, 0.6) is 0 Å². The summed E-state index contributed by atoms with van der Waals surface area (Å²) in [5, 5.41) is 8.80. The molecular weight excluding hydrogens is 168 g/mol. The van der Waals surface area contributed by atoms with E-state index in [0.717, 1.165) is 0 Å². The number of hydrogen-bond donors (Lipinski definition) is 1. The minimum absolute atomic E-state index is 0.0473. The summed E-state index contributed by atoms with van der Waals surface area (Å²) in [5.74, 6) is 2.49. The molecular formula is C10H12O3. The Morgan fingerprint density at radius 2 is 2.15 bits per heavy atom. The molecule has 0 amide bonds. The van der Waals surface area contributed by atoms with E-state index in [2.05, 4.69) is 5.92 Å². The summed E-state index contributed by atoms with van der Waals surface area (Å²) in [7, 11) is 0. The van der Waals surface area contributed by atoms with Crippen LogP contribution in [0, 0.1) is 12.3 Å². The van der Waals surface area contributed by atoms with Gasteiger partial charge in [-0.25, -0.2) is 0 Å². The third-order valence-electron chi connectivity index (χ3n) is 1.05. The Balaban J connectivity index is 4.20. The van der Waals surface area contributed by atoms with E-state index in [1.54, 1.807) is 0 Å². The summed E-state index contributed by atoms with van der Waals surface area (Å²) in [6.07, 6.45) is 7.91. The average molecular weight is 180 g/mol. The van der Waals surface area contributed by atoms with Crippen molar-refractivity contribution in [1.29, 1.82) is 0 Å². The molecule has 0 aromatic heterocycles. The summed E-state index contributed by atoms with van der Waals surface area (Å²) in [4.78, 5) is 10.5. The summed E-state index contributed by atoms with van der Waals surface area (Å²) in [6.45, 7) is 2.87. The fourth-order valence-electron chi connectivity index (χ4n) is 0.514. The number of ketones is 1. The maximum Gasteiger partial charge on any atom is 0.170 e. The highest BCUT2D eigenvalue weighted by Crippen LogP contribution is 1.97. The lowest BCUT2D eigenvalue weighted by molar-refractivity contribution is -0.120. The van der Waals surface area contributed by atoms with Crippen LogP contribution in [0.1, 0.15) is 13.8 Å². The molecule has 0 spiro atoms. The summed E-state index contributed by atoms with van der Waals surface area (Å²) in [6, 6.07) is 0. The molecule has 3 nitrogen and oxygen atoms in total. The largest absolute Gasteiger partial charge is 0.513 e. The van der Waals surface area contributed by atoms with E-state index < -0.39 is 0 Å². The van der Waals surface area contributed by atoms with Crippen molar-refractivity contribution in [3.63, 3.8) is 0 Å². The van der Waals surface area contributed by atoms with Gasteiger partial charge < -0.3 is 9.84 Å². The maximum absolute atomic E-state index is 10.5. The lowest BCUT2D eigenvalue weighted by Gasteiger charge is -2.00. The summed E-state index contributed by atoms with van der Waals surface area (Å²) >= 11 is 0. The number of carbonyl (C=O) groups excluding carboxylic acids is 1. The van der Waals surface area contributed by atoms with Crippen LogP contribution in [0.15, 0.2) is 23.7 Å². The normalized spacial score (nSPS) is 12.1. The molecule has 0 saturated carbocycles. The van der Waals surface area contributed by atoms with E-state index in [-0.39, 0.29) is 23.9 Å². The number of hydrogen-bond acceptors (Lipinski definition) is 3. The molecule has 0 unspecified atom stereocenters. The zero-order chi connectivity index (χ0) is 10.3. The van der Waals surface area contributed by atoms with Crippen LogP contribution in [0.3, 0.4) is 0 Å². The van der Waals surface area contributed by atoms with Crippen molar-refractivity contribution in [1.82, 2.24) is 0 Å². The number of carbonyl (C=O) groups is 1. The Kier molecular flexibility index (Phi) is 5.13. The quantitative estimate of drug-likeness (QED) is 0.406. The van der Waals surface area contributed by atoms with Gasteiger partial charge in [-0.05, 0) is 31.9 Å². The number of aliphatic hydroxyl groups is 1. The Hall–Kier alpha value is -1.69. The van der Waals surface area contributed by atoms with E-state index in [0.29, 0.717) is 0 Å². The molecule has 0 radical (unpaired) electrons. The third-order valence-corrected chi connectivity index (χ3v) is 1.05. The van der Waals surface area contributed by atoms with E-state index >= 15 is 0 Å². The van der Waals surface area contributed by atoms with Gasteiger partial charge in [0.05, 0.1) is 5.76 Å². The van der Waals surface area contributed by atoms with Crippen molar-refractivity contribution < 1.29 is 14.6 Å². The zero-order valence-corrected chi connectivity index (χ0v) is 7.70. The van der Waals surface area contributed by atoms with Gasteiger partial charge in [0.1, 0.15) is 6.61 Å². The molecule has 70 valence electrons. The minimum Gasteiger partial charge on any atom is -0.513 e. The van der Waals surface area contributed by atoms with Gasteiger partial charge in [-0.3, -0.25) is 4.79 Å². The molecule has 0 aromatic rings. The highest BCUT2D eigenvalue weighted by molar-refractivity contribution is 5.76. The molecule has 0 bridgehead atoms. The van der Waals surface area contributed by atoms with E-state index in [1.165, 1.54) is 26.0 Å². The molecule has 0 aromatic carbocycles. The second kappa shape index (κ2) is 5.90. The van der Waals surface area contributed by atoms with Crippen LogP contribution in [0.4, 0.5) is 0 Å². The predicted molar refractivity (Wildman–Crippen MR) is 49.9 cm³/mol. The van der Waals surface area contributed by atoms with Crippen molar-refractivity contribution in [3.05, 3.63) is 23.7 Å². The molecule has 13 heavy (non-hydrogen) atoms. The predicted octanol–water partition coefficient (Wildman–Crippen LogP) is 1.57. The number of terminal acetylenes is 1. The van der Waals surface area contributed by atoms with Crippen molar-refractivity contribution in [2.24, 2.45) is 0 Å². The van der Waals surface area contributed by atoms with E-state index in [1.807, 2.05) is 0 Å². The molecule has 0 atom stereocenters. The first-order valence-corrected chi connectivity index (χ1v) is 3.72. The summed E-state index contributed by atoms with van der Waals surface area (Å²) in [5.41, 5.74) is 0. The Bertz CT molecular complexity index is 275. The SMILES string of the molecule is C#C/C(=C\C=C(/C)O)OCC(C)=O. The maximum atomic E-state index is 10.5. The second-order valence-corrected chi connectivity index (χ2v) is 2.47. The Morgan fingerprint density at radius 1 is 1.54 bits per heavy atom. The lowest BCUT2D eigenvalue weighted by atomic mass is 10.4. The highest BCUT2D eigenvalue weighted by Gasteiger charge is 1.95. The van der Waals surface area contributed by atoms with Crippen molar-refractivity contribution in [3.8, 4) is 12.3 Å². The Morgan fingerprint density at radius 3 is 2.54 bits per heavy atom. The van der Waals surface area contributed by atoms with Gasteiger partial charge >= 0.3 is 0 Å². The minimum atomic E-state index is -0.106. The van der Waals surface area contributed by atoms with Crippen LogP contribution < -0.4 is 0 Å². The molecule has 0 saturated heterocycles. The molecule has 0 aliphatic carbocycles. The fourth-order valence-corrected chi connectivity index (χ4v) is 0.514. The molecule has 0 rings (SSSR count). The highest BCUT2D eigenvalue weighted by atomic mass is 16.5. The average Bonchev–Trinajstić information content (AvgIpc) is 2.04. The standard InChI is InChI=1S/C10H12O3/c1-4-10(6-5-8(2)11)13-7-9(3)12/h1,5-6,11H,7H2,2-3H3/b8-5+,10-6+. The van der Waals surface area contributed by atoms with Gasteiger partial charge in [0.15, 0.2) is 11.5 Å². The monoisotopic (exact) mass is 180 g/mol. The van der Waals surface area contributed by atoms with Crippen LogP contribution in [0.2, 0.25) is 0 Å². The van der Waals surface area contributed by atoms with Gasteiger partial charge in [0, 0.05) is 0 Å². The lowest BCUT2D eigenvalue weighted by Crippen LogP contribution is -2.02. The molecule has 0 aliphatic rings. The van der Waals surface area contributed by atoms with Crippen molar-refractivity contribution in [2.75, 3.05) is 6.61 Å². The molecule has 0 fully saturated rings. The number of aliphatic hydroxyl groups excluding tert-OH is 1. The van der Waals surface area contributed by atoms with Gasteiger partial charge in [-0.1, -0.05) is 0 Å². The number of Topliss-reactive ketones (excluding diaryl/α,β-unsaturated/α-hetero) is 1. The van der Waals surface area contributed by atoms with E-state index in [9.17, 15) is 4.79 Å². The number of rotatable bonds is 4. The fraction of sp³-hybridized carbons (Fsp3) is 0.300. The van der Waals surface area contributed by atoms with Crippen molar-refractivity contribution >= 4 is 5.78 Å². The first kappa shape index (κ1) is 11.3. The van der Waals surface area contributed by atoms with Crippen LogP contribution in [-0.4, -0.2) is 17.5 Å². The molecule has 0 aliphatic heterocycles. The third kappa shape index (κ3) is 6.70. The molecule has 1 N–H and O–H groups in total. The first-order chi connectivity index (χ1) is 6.06. The second-order valence-electron chi connectivity index (χ2n) is 2.47. The number of allylic oxidation sites excluding steroid dienone is 4. The number of ether oxygens (including phenoxy) is 1. The smallest absolute Gasteiger partial charge is 0.170 e. The summed E-state index contributed by atoms with van der Waals surface area (Å²) < 4.78 is 4.92. The topological polar surface area (TPSA) is 46.5 Å². The van der Waals surface area contributed by atoms with Crippen LogP contribution in [-0.2, 0) is 9.53 Å². The zero-order valence-electron chi connectivity index (χ0n) is 7.70. The van der Waals surface area contributed by atoms with E-state index in [4.69, 9.17) is 16.3 Å².